The fourth-order valence-electron chi connectivity index (χ4n) is 4.99. The second-order valence-electron chi connectivity index (χ2n) is 9.81. The molecule has 1 fully saturated rings. The number of aliphatic hydroxyl groups is 1. The molecule has 36 heavy (non-hydrogen) atoms. The third kappa shape index (κ3) is 5.31. The highest BCUT2D eigenvalue weighted by Gasteiger charge is 2.37. The molecule has 0 unspecified atom stereocenters. The number of nitrogens with zero attached hydrogens (tertiary/aromatic N) is 4. The highest BCUT2D eigenvalue weighted by molar-refractivity contribution is 5.84. The van der Waals surface area contributed by atoms with E-state index in [0.717, 1.165) is 17.4 Å². The second kappa shape index (κ2) is 10.3. The van der Waals surface area contributed by atoms with Crippen LogP contribution in [0.25, 0.3) is 0 Å². The van der Waals surface area contributed by atoms with Crippen molar-refractivity contribution in [2.75, 3.05) is 37.6 Å². The molecule has 1 aromatic carbocycles. The Kier molecular flexibility index (Phi) is 7.51. The molecule has 0 spiro atoms. The number of rotatable bonds is 6. The summed E-state index contributed by atoms with van der Waals surface area (Å²) < 4.78 is 53.4. The van der Waals surface area contributed by atoms with E-state index in [1.165, 1.54) is 12.4 Å². The maximum Gasteiger partial charge on any atom is 0.419 e. The molecule has 4 rings (SSSR count). The topological polar surface area (TPSA) is 81.6 Å². The molecule has 11 heteroatoms. The van der Waals surface area contributed by atoms with Gasteiger partial charge in [0, 0.05) is 44.3 Å². The van der Waals surface area contributed by atoms with Crippen LogP contribution in [0, 0.1) is 5.82 Å². The number of carbonyl (C=O) groups excluding carboxylic acids is 1. The van der Waals surface area contributed by atoms with Gasteiger partial charge in [0.2, 0.25) is 5.91 Å². The number of amides is 1. The third-order valence-corrected chi connectivity index (χ3v) is 6.90. The summed E-state index contributed by atoms with van der Waals surface area (Å²) in [6, 6.07) is 2.74. The molecule has 2 aromatic rings. The van der Waals surface area contributed by atoms with E-state index in [1.54, 1.807) is 4.90 Å². The number of alkyl halides is 3. The van der Waals surface area contributed by atoms with Gasteiger partial charge in [-0.1, -0.05) is 26.8 Å². The number of hydrogen-bond acceptors (Lipinski definition) is 6. The lowest BCUT2D eigenvalue weighted by Gasteiger charge is -2.38. The largest absolute Gasteiger partial charge is 0.419 e. The van der Waals surface area contributed by atoms with Crippen molar-refractivity contribution >= 4 is 11.7 Å². The number of aliphatic hydroxyl groups excluding tert-OH is 1. The molecule has 0 saturated carbocycles. The first-order valence-corrected chi connectivity index (χ1v) is 12.1. The number of hydrogen-bond donors (Lipinski definition) is 2. The lowest BCUT2D eigenvalue weighted by Crippen LogP contribution is -2.51. The van der Waals surface area contributed by atoms with Crippen LogP contribution in [0.5, 0.6) is 0 Å². The Morgan fingerprint density at radius 2 is 1.89 bits per heavy atom. The normalized spacial score (nSPS) is 21.1. The number of carbonyl (C=O) groups is 1. The summed E-state index contributed by atoms with van der Waals surface area (Å²) >= 11 is 0. The zero-order valence-electron chi connectivity index (χ0n) is 20.5. The van der Waals surface area contributed by atoms with Gasteiger partial charge in [0.15, 0.2) is 0 Å². The highest BCUT2D eigenvalue weighted by atomic mass is 19.4. The molecule has 2 heterocycles. The number of aromatic nitrogens is 2. The fraction of sp³-hybridized carbons (Fsp3) is 0.560. The Labute approximate surface area is 207 Å². The van der Waals surface area contributed by atoms with Gasteiger partial charge in [0.05, 0.1) is 23.3 Å². The number of benzene rings is 1. The van der Waals surface area contributed by atoms with Crippen molar-refractivity contribution in [2.45, 2.75) is 57.3 Å². The van der Waals surface area contributed by atoms with E-state index in [2.05, 4.69) is 20.2 Å². The molecule has 3 atom stereocenters. The van der Waals surface area contributed by atoms with Gasteiger partial charge in [0.1, 0.15) is 18.0 Å². The van der Waals surface area contributed by atoms with Gasteiger partial charge < -0.3 is 20.2 Å². The number of fused-ring (bicyclic) bond motifs is 1. The molecule has 2 N–H and O–H groups in total. The maximum atomic E-state index is 14.3. The van der Waals surface area contributed by atoms with Crippen molar-refractivity contribution in [1.82, 2.24) is 20.2 Å². The summed E-state index contributed by atoms with van der Waals surface area (Å²) in [6.45, 7) is 7.77. The molecule has 196 valence electrons. The number of nitrogens with one attached hydrogen (secondary N) is 1. The Balaban J connectivity index is 1.51. The lowest BCUT2D eigenvalue weighted by molar-refractivity contribution is -0.140. The zero-order chi connectivity index (χ0) is 26.2. The monoisotopic (exact) mass is 509 g/mol. The fourth-order valence-corrected chi connectivity index (χ4v) is 4.99. The van der Waals surface area contributed by atoms with E-state index in [-0.39, 0.29) is 30.0 Å². The summed E-state index contributed by atoms with van der Waals surface area (Å²) in [5.74, 6) is -1.60. The number of piperazine rings is 1. The SMILES string of the molecule is CC(C)NC[C@@H](C(=O)N1CCN(c2ncnc3c2[C@H](C)C[C@H]3O)CC1)c1ccc(C(F)(F)F)c(F)c1. The molecule has 1 saturated heterocycles. The minimum Gasteiger partial charge on any atom is -0.387 e. The summed E-state index contributed by atoms with van der Waals surface area (Å²) in [7, 11) is 0. The molecule has 1 aliphatic heterocycles. The zero-order valence-corrected chi connectivity index (χ0v) is 20.5. The Morgan fingerprint density at radius 3 is 2.50 bits per heavy atom. The van der Waals surface area contributed by atoms with Crippen molar-refractivity contribution in [3.8, 4) is 0 Å². The average Bonchev–Trinajstić information content (AvgIpc) is 3.12. The van der Waals surface area contributed by atoms with Gasteiger partial charge in [-0.3, -0.25) is 4.79 Å². The van der Waals surface area contributed by atoms with Crippen LogP contribution in [0.1, 0.15) is 67.5 Å². The number of halogens is 4. The molecular weight excluding hydrogens is 478 g/mol. The lowest BCUT2D eigenvalue weighted by atomic mass is 9.95. The summed E-state index contributed by atoms with van der Waals surface area (Å²) in [5, 5.41) is 13.4. The Morgan fingerprint density at radius 1 is 1.19 bits per heavy atom. The van der Waals surface area contributed by atoms with Crippen molar-refractivity contribution in [3.63, 3.8) is 0 Å². The van der Waals surface area contributed by atoms with Crippen LogP contribution in [0.15, 0.2) is 24.5 Å². The van der Waals surface area contributed by atoms with Gasteiger partial charge in [-0.2, -0.15) is 13.2 Å². The van der Waals surface area contributed by atoms with Crippen molar-refractivity contribution < 1.29 is 27.5 Å². The molecule has 7 nitrogen and oxygen atoms in total. The first-order valence-electron chi connectivity index (χ1n) is 12.1. The van der Waals surface area contributed by atoms with Crippen LogP contribution in [0.2, 0.25) is 0 Å². The van der Waals surface area contributed by atoms with Gasteiger partial charge >= 0.3 is 6.18 Å². The highest BCUT2D eigenvalue weighted by Crippen LogP contribution is 2.43. The van der Waals surface area contributed by atoms with E-state index in [4.69, 9.17) is 0 Å². The van der Waals surface area contributed by atoms with Gasteiger partial charge in [-0.15, -0.1) is 0 Å². The predicted octanol–water partition coefficient (Wildman–Crippen LogP) is 3.61. The predicted molar refractivity (Wildman–Crippen MR) is 126 cm³/mol. The molecule has 2 aliphatic rings. The van der Waals surface area contributed by atoms with Crippen LogP contribution < -0.4 is 10.2 Å². The van der Waals surface area contributed by atoms with E-state index in [0.29, 0.717) is 44.4 Å². The second-order valence-corrected chi connectivity index (χ2v) is 9.81. The average molecular weight is 510 g/mol. The minimum absolute atomic E-state index is 0.0358. The van der Waals surface area contributed by atoms with E-state index in [9.17, 15) is 27.5 Å². The summed E-state index contributed by atoms with van der Waals surface area (Å²) in [5.41, 5.74) is 0.441. The van der Waals surface area contributed by atoms with Gasteiger partial charge in [-0.05, 0) is 30.0 Å². The first kappa shape index (κ1) is 26.3. The molecule has 1 aromatic heterocycles. The van der Waals surface area contributed by atoms with Crippen LogP contribution in [-0.4, -0.2) is 64.6 Å². The van der Waals surface area contributed by atoms with E-state index < -0.39 is 29.6 Å². The standard InChI is InChI=1S/C25H31F4N5O2/c1-14(2)30-12-17(16-4-5-18(19(26)11-16)25(27,28)29)24(36)34-8-6-33(7-9-34)23-21-15(3)10-20(35)22(21)31-13-32-23/h4-5,11,13-15,17,20,30,35H,6-10,12H2,1-3H3/t15-,17-,20-/m1/s1. The Hall–Kier alpha value is -2.79. The van der Waals surface area contributed by atoms with Gasteiger partial charge in [-0.25, -0.2) is 14.4 Å². The van der Waals surface area contributed by atoms with Crippen molar-refractivity contribution in [1.29, 1.82) is 0 Å². The maximum absolute atomic E-state index is 14.3. The third-order valence-electron chi connectivity index (χ3n) is 6.90. The van der Waals surface area contributed by atoms with Crippen LogP contribution >= 0.6 is 0 Å². The van der Waals surface area contributed by atoms with Crippen LogP contribution in [0.3, 0.4) is 0 Å². The quantitative estimate of drug-likeness (QED) is 0.580. The van der Waals surface area contributed by atoms with Crippen LogP contribution in [-0.2, 0) is 11.0 Å². The van der Waals surface area contributed by atoms with E-state index >= 15 is 0 Å². The molecule has 0 radical (unpaired) electrons. The number of anilines is 1. The molecule has 0 bridgehead atoms. The summed E-state index contributed by atoms with van der Waals surface area (Å²) in [6.07, 6.45) is -3.38. The molecule has 1 amide bonds. The van der Waals surface area contributed by atoms with Crippen LogP contribution in [0.4, 0.5) is 23.4 Å². The van der Waals surface area contributed by atoms with Crippen molar-refractivity contribution in [2.24, 2.45) is 0 Å². The molecular formula is C25H31F4N5O2. The summed E-state index contributed by atoms with van der Waals surface area (Å²) in [4.78, 5) is 25.9. The molecule has 1 aliphatic carbocycles. The van der Waals surface area contributed by atoms with Gasteiger partial charge in [0.25, 0.3) is 0 Å². The minimum atomic E-state index is -4.80. The smallest absolute Gasteiger partial charge is 0.387 e. The first-order chi connectivity index (χ1) is 17.0. The van der Waals surface area contributed by atoms with Crippen molar-refractivity contribution in [3.05, 3.63) is 52.7 Å². The Bertz CT molecular complexity index is 1100. The van der Waals surface area contributed by atoms with E-state index in [1.807, 2.05) is 20.8 Å².